The molecule has 2 aromatic rings. The molecule has 0 radical (unpaired) electrons. The van der Waals surface area contributed by atoms with Gasteiger partial charge >= 0.3 is 5.97 Å². The van der Waals surface area contributed by atoms with Crippen molar-refractivity contribution >= 4 is 18.0 Å². The topological polar surface area (TPSA) is 103 Å². The first-order chi connectivity index (χ1) is 16.2. The molecule has 0 fully saturated rings. The van der Waals surface area contributed by atoms with Crippen molar-refractivity contribution in [2.75, 3.05) is 26.7 Å². The lowest BCUT2D eigenvalue weighted by molar-refractivity contribution is 0.0325. The number of aromatic carboxylic acids is 1. The molecule has 182 valence electrons. The Morgan fingerprint density at radius 1 is 1.38 bits per heavy atom. The van der Waals surface area contributed by atoms with Gasteiger partial charge in [0, 0.05) is 31.7 Å². The number of likely N-dealkylation sites (N-methyl/N-ethyl adjacent to an activating group) is 1. The highest BCUT2D eigenvalue weighted by atomic mass is 16.5. The summed E-state index contributed by atoms with van der Waals surface area (Å²) in [5, 5.41) is 19.0. The number of rotatable bonds is 8. The number of aliphatic hydroxyl groups excluding tert-OH is 1. The fourth-order valence-corrected chi connectivity index (χ4v) is 4.11. The van der Waals surface area contributed by atoms with Crippen LogP contribution in [0.25, 0.3) is 6.08 Å². The van der Waals surface area contributed by atoms with E-state index in [2.05, 4.69) is 9.88 Å². The fraction of sp³-hybridized carbons (Fsp3) is 0.423. The summed E-state index contributed by atoms with van der Waals surface area (Å²) < 4.78 is 6.30. The molecule has 0 saturated heterocycles. The highest BCUT2D eigenvalue weighted by molar-refractivity contribution is 5.97. The zero-order valence-electron chi connectivity index (χ0n) is 20.1. The second kappa shape index (κ2) is 11.3. The summed E-state index contributed by atoms with van der Waals surface area (Å²) in [6.45, 7) is 7.13. The van der Waals surface area contributed by atoms with Gasteiger partial charge in [-0.05, 0) is 50.2 Å². The first-order valence-corrected chi connectivity index (χ1v) is 11.5. The van der Waals surface area contributed by atoms with Crippen molar-refractivity contribution in [3.8, 4) is 5.88 Å². The Bertz CT molecular complexity index is 1050. The molecule has 1 aliphatic heterocycles. The quantitative estimate of drug-likeness (QED) is 0.615. The van der Waals surface area contributed by atoms with E-state index in [0.29, 0.717) is 25.2 Å². The van der Waals surface area contributed by atoms with E-state index in [-0.39, 0.29) is 42.0 Å². The Morgan fingerprint density at radius 2 is 2.15 bits per heavy atom. The number of allylic oxidation sites excluding steroid dienone is 1. The van der Waals surface area contributed by atoms with Crippen LogP contribution < -0.4 is 4.74 Å². The van der Waals surface area contributed by atoms with Gasteiger partial charge in [0.25, 0.3) is 5.91 Å². The third-order valence-corrected chi connectivity index (χ3v) is 6.02. The molecule has 0 spiro atoms. The van der Waals surface area contributed by atoms with Crippen LogP contribution in [0.5, 0.6) is 5.88 Å². The summed E-state index contributed by atoms with van der Waals surface area (Å²) in [7, 11) is 1.95. The zero-order chi connectivity index (χ0) is 24.8. The Hall–Kier alpha value is -3.23. The predicted molar refractivity (Wildman–Crippen MR) is 130 cm³/mol. The van der Waals surface area contributed by atoms with Gasteiger partial charge in [-0.15, -0.1) is 0 Å². The van der Waals surface area contributed by atoms with Gasteiger partial charge < -0.3 is 19.8 Å². The van der Waals surface area contributed by atoms with Gasteiger partial charge in [0.2, 0.25) is 5.88 Å². The number of aliphatic hydroxyl groups is 1. The fourth-order valence-electron chi connectivity index (χ4n) is 4.11. The summed E-state index contributed by atoms with van der Waals surface area (Å²) in [6, 6.07) is 8.31. The number of carbonyl (C=O) groups excluding carboxylic acids is 1. The van der Waals surface area contributed by atoms with E-state index in [4.69, 9.17) is 4.74 Å². The Morgan fingerprint density at radius 3 is 2.82 bits per heavy atom. The van der Waals surface area contributed by atoms with Gasteiger partial charge in [0.05, 0.1) is 18.2 Å². The van der Waals surface area contributed by atoms with Crippen molar-refractivity contribution in [1.82, 2.24) is 14.8 Å². The molecule has 0 aliphatic carbocycles. The molecule has 1 aromatic heterocycles. The second-order valence-corrected chi connectivity index (χ2v) is 8.95. The number of aromatic nitrogens is 1. The largest absolute Gasteiger partial charge is 0.478 e. The number of pyridine rings is 1. The van der Waals surface area contributed by atoms with Crippen molar-refractivity contribution in [3.05, 3.63) is 64.9 Å². The molecule has 8 nitrogen and oxygen atoms in total. The Kier molecular flexibility index (Phi) is 8.41. The molecule has 0 unspecified atom stereocenters. The molecular weight excluding hydrogens is 434 g/mol. The smallest absolute Gasteiger partial charge is 0.335 e. The summed E-state index contributed by atoms with van der Waals surface area (Å²) in [5.74, 6) is -0.911. The van der Waals surface area contributed by atoms with E-state index in [1.165, 1.54) is 0 Å². The summed E-state index contributed by atoms with van der Waals surface area (Å²) in [6.07, 6.45) is 5.16. The number of fused-ring (bicyclic) bond motifs is 1. The van der Waals surface area contributed by atoms with E-state index in [9.17, 15) is 19.8 Å². The summed E-state index contributed by atoms with van der Waals surface area (Å²) >= 11 is 0. The van der Waals surface area contributed by atoms with E-state index >= 15 is 0 Å². The highest BCUT2D eigenvalue weighted by Gasteiger charge is 2.34. The van der Waals surface area contributed by atoms with Crippen molar-refractivity contribution in [3.63, 3.8) is 0 Å². The number of benzene rings is 1. The number of carbonyl (C=O) groups is 2. The van der Waals surface area contributed by atoms with Gasteiger partial charge in [0.1, 0.15) is 11.7 Å². The van der Waals surface area contributed by atoms with Crippen LogP contribution in [0.4, 0.5) is 0 Å². The van der Waals surface area contributed by atoms with E-state index < -0.39 is 5.97 Å². The van der Waals surface area contributed by atoms with Crippen LogP contribution in [-0.2, 0) is 6.54 Å². The second-order valence-electron chi connectivity index (χ2n) is 8.95. The number of carboxylic acid groups (broad SMARTS) is 1. The van der Waals surface area contributed by atoms with Crippen LogP contribution in [0.3, 0.4) is 0 Å². The minimum Gasteiger partial charge on any atom is -0.478 e. The number of nitrogens with zero attached hydrogens (tertiary/aromatic N) is 3. The molecule has 8 heteroatoms. The highest BCUT2D eigenvalue weighted by Crippen LogP contribution is 2.28. The van der Waals surface area contributed by atoms with E-state index in [1.807, 2.05) is 46.0 Å². The molecule has 2 heterocycles. The molecule has 0 bridgehead atoms. The maximum absolute atomic E-state index is 13.4. The molecule has 1 amide bonds. The SMILES string of the molecule is C/C=C/c1cnc2c(c1)C(=O)N([C@@H](C)CO)C[C@H](C)[C@H](CN(C)Cc1cccc(C(=O)O)c1)O2. The third kappa shape index (κ3) is 6.01. The molecule has 3 atom stereocenters. The number of amides is 1. The van der Waals surface area contributed by atoms with Gasteiger partial charge in [0.15, 0.2) is 0 Å². The molecule has 0 saturated carbocycles. The number of hydrogen-bond acceptors (Lipinski definition) is 6. The molecule has 3 rings (SSSR count). The first-order valence-electron chi connectivity index (χ1n) is 11.5. The van der Waals surface area contributed by atoms with E-state index in [0.717, 1.165) is 11.1 Å². The van der Waals surface area contributed by atoms with Crippen molar-refractivity contribution in [1.29, 1.82) is 0 Å². The Labute approximate surface area is 200 Å². The average Bonchev–Trinajstić information content (AvgIpc) is 2.81. The van der Waals surface area contributed by atoms with Crippen LogP contribution in [-0.4, -0.2) is 75.8 Å². The predicted octanol–water partition coefficient (Wildman–Crippen LogP) is 3.17. The number of ether oxygens (including phenoxy) is 1. The average molecular weight is 468 g/mol. The lowest BCUT2D eigenvalue weighted by Gasteiger charge is -2.37. The minimum atomic E-state index is -0.954. The minimum absolute atomic E-state index is 0.0316. The molecule has 2 N–H and O–H groups in total. The van der Waals surface area contributed by atoms with Crippen LogP contribution in [0.15, 0.2) is 42.6 Å². The lowest BCUT2D eigenvalue weighted by atomic mass is 9.99. The standard InChI is InChI=1S/C26H33N3O5/c1-5-7-19-11-22-24(27-12-19)34-23(17(2)13-29(25(22)31)18(3)16-30)15-28(4)14-20-8-6-9-21(10-20)26(32)33/h5-12,17-18,23,30H,13-16H2,1-4H3,(H,32,33)/b7-5+/t17-,18-,23-/m0/s1. The van der Waals surface area contributed by atoms with Crippen LogP contribution in [0.2, 0.25) is 0 Å². The number of hydrogen-bond donors (Lipinski definition) is 2. The van der Waals surface area contributed by atoms with Gasteiger partial charge in [-0.2, -0.15) is 0 Å². The zero-order valence-corrected chi connectivity index (χ0v) is 20.1. The van der Waals surface area contributed by atoms with Crippen LogP contribution >= 0.6 is 0 Å². The molecule has 1 aliphatic rings. The maximum atomic E-state index is 13.4. The maximum Gasteiger partial charge on any atom is 0.335 e. The third-order valence-electron chi connectivity index (χ3n) is 6.02. The van der Waals surface area contributed by atoms with Crippen LogP contribution in [0.1, 0.15) is 52.6 Å². The summed E-state index contributed by atoms with van der Waals surface area (Å²) in [5.41, 5.74) is 2.32. The normalized spacial score (nSPS) is 19.5. The molecule has 34 heavy (non-hydrogen) atoms. The van der Waals surface area contributed by atoms with Gasteiger partial charge in [-0.3, -0.25) is 9.69 Å². The molecular formula is C26H33N3O5. The summed E-state index contributed by atoms with van der Waals surface area (Å²) in [4.78, 5) is 32.9. The van der Waals surface area contributed by atoms with Crippen molar-refractivity contribution in [2.24, 2.45) is 5.92 Å². The lowest BCUT2D eigenvalue weighted by Crippen LogP contribution is -2.49. The number of carboxylic acids is 1. The Balaban J connectivity index is 1.87. The van der Waals surface area contributed by atoms with Gasteiger partial charge in [-0.25, -0.2) is 9.78 Å². The van der Waals surface area contributed by atoms with Crippen molar-refractivity contribution in [2.45, 2.75) is 39.5 Å². The van der Waals surface area contributed by atoms with Crippen molar-refractivity contribution < 1.29 is 24.5 Å². The van der Waals surface area contributed by atoms with Crippen LogP contribution in [0, 0.1) is 5.92 Å². The van der Waals surface area contributed by atoms with E-state index in [1.54, 1.807) is 35.4 Å². The monoisotopic (exact) mass is 467 g/mol. The molecule has 1 aromatic carbocycles. The van der Waals surface area contributed by atoms with Gasteiger partial charge in [-0.1, -0.05) is 31.2 Å². The first kappa shape index (κ1) is 25.4.